The summed E-state index contributed by atoms with van der Waals surface area (Å²) in [6.07, 6.45) is 8.07. The van der Waals surface area contributed by atoms with Gasteiger partial charge in [0.1, 0.15) is 17.4 Å². The second kappa shape index (κ2) is 11.6. The molecule has 2 fully saturated rings. The van der Waals surface area contributed by atoms with Crippen molar-refractivity contribution < 1.29 is 18.7 Å². The molecule has 1 spiro atoms. The average molecular weight is 562 g/mol. The van der Waals surface area contributed by atoms with Crippen LogP contribution in [0.25, 0.3) is 11.3 Å². The third-order valence-corrected chi connectivity index (χ3v) is 8.47. The quantitative estimate of drug-likeness (QED) is 0.360. The highest BCUT2D eigenvalue weighted by atomic mass is 19.1. The Morgan fingerprint density at radius 1 is 1.24 bits per heavy atom. The molecule has 1 saturated heterocycles. The van der Waals surface area contributed by atoms with Crippen LogP contribution in [0.3, 0.4) is 0 Å². The number of carbonyl (C=O) groups excluding carboxylic acids is 1. The molecule has 3 aliphatic rings. The number of carbonyl (C=O) groups is 1. The van der Waals surface area contributed by atoms with Gasteiger partial charge in [-0.3, -0.25) is 9.69 Å². The van der Waals surface area contributed by atoms with Gasteiger partial charge >= 0.3 is 0 Å². The number of nitrogens with zero attached hydrogens (tertiary/aromatic N) is 4. The number of halogens is 1. The number of aromatic nitrogens is 3. The van der Waals surface area contributed by atoms with E-state index in [9.17, 15) is 9.18 Å². The molecule has 1 saturated carbocycles. The van der Waals surface area contributed by atoms with E-state index in [-0.39, 0.29) is 17.9 Å². The zero-order valence-electron chi connectivity index (χ0n) is 23.3. The van der Waals surface area contributed by atoms with E-state index in [2.05, 4.69) is 30.5 Å². The third kappa shape index (κ3) is 5.96. The number of methoxy groups -OCH3 is 1. The number of fused-ring (bicyclic) bond motifs is 1. The summed E-state index contributed by atoms with van der Waals surface area (Å²) in [4.78, 5) is 28.4. The summed E-state index contributed by atoms with van der Waals surface area (Å²) >= 11 is 0. The van der Waals surface area contributed by atoms with Crippen molar-refractivity contribution in [2.24, 2.45) is 5.41 Å². The van der Waals surface area contributed by atoms with E-state index in [0.717, 1.165) is 63.1 Å². The Hall–Kier alpha value is -3.83. The minimum absolute atomic E-state index is 0.113. The fourth-order valence-corrected chi connectivity index (χ4v) is 6.36. The number of hydrogen-bond donors (Lipinski definition) is 3. The first-order chi connectivity index (χ1) is 19.9. The van der Waals surface area contributed by atoms with E-state index in [1.807, 2.05) is 0 Å². The van der Waals surface area contributed by atoms with Gasteiger partial charge in [0, 0.05) is 69.3 Å². The maximum absolute atomic E-state index is 14.6. The van der Waals surface area contributed by atoms with E-state index in [1.165, 1.54) is 12.1 Å². The molecule has 1 amide bonds. The fraction of sp³-hybridized carbons (Fsp3) is 0.467. The van der Waals surface area contributed by atoms with E-state index < -0.39 is 5.82 Å². The van der Waals surface area contributed by atoms with Crippen molar-refractivity contribution in [2.75, 3.05) is 51.0 Å². The first-order valence-corrected chi connectivity index (χ1v) is 14.2. The number of rotatable bonds is 9. The van der Waals surface area contributed by atoms with Crippen LogP contribution >= 0.6 is 0 Å². The Labute approximate surface area is 238 Å². The number of amides is 1. The van der Waals surface area contributed by atoms with Crippen molar-refractivity contribution in [3.8, 4) is 17.0 Å². The standard InChI is InChI=1S/C30H36FN7O3/c1-40-11-9-38-17-30(18-38)6-2-22(3-7-30)36-28(39)20-12-19(13-21(31)14-20)15-34-27-23-5-10-41-26(23)24(16-35-27)25-4-8-33-29(32)37-25/h4,8,12-14,16,22H,2-3,5-7,9-11,15,17-18H2,1H3,(H,34,35)(H,36,39)(H2,32,33,37). The number of nitrogen functional groups attached to an aromatic ring is 1. The van der Waals surface area contributed by atoms with Crippen LogP contribution in [0.15, 0.2) is 36.7 Å². The molecule has 4 N–H and O–H groups in total. The molecule has 216 valence electrons. The summed E-state index contributed by atoms with van der Waals surface area (Å²) in [5.41, 5.74) is 9.44. The molecule has 41 heavy (non-hydrogen) atoms. The first kappa shape index (κ1) is 27.3. The second-order valence-corrected chi connectivity index (χ2v) is 11.4. The summed E-state index contributed by atoms with van der Waals surface area (Å²) in [7, 11) is 1.73. The molecule has 4 heterocycles. The van der Waals surface area contributed by atoms with Crippen molar-refractivity contribution in [1.82, 2.24) is 25.2 Å². The lowest BCUT2D eigenvalue weighted by molar-refractivity contribution is -0.0425. The first-order valence-electron chi connectivity index (χ1n) is 14.2. The van der Waals surface area contributed by atoms with Crippen molar-refractivity contribution in [2.45, 2.75) is 44.7 Å². The maximum Gasteiger partial charge on any atom is 0.251 e. The molecule has 6 rings (SSSR count). The zero-order chi connectivity index (χ0) is 28.4. The van der Waals surface area contributed by atoms with Crippen molar-refractivity contribution in [3.05, 3.63) is 59.2 Å². The van der Waals surface area contributed by atoms with Gasteiger partial charge in [-0.15, -0.1) is 0 Å². The van der Waals surface area contributed by atoms with E-state index >= 15 is 0 Å². The largest absolute Gasteiger partial charge is 0.492 e. The van der Waals surface area contributed by atoms with Crippen molar-refractivity contribution >= 4 is 17.7 Å². The predicted molar refractivity (Wildman–Crippen MR) is 153 cm³/mol. The molecule has 10 nitrogen and oxygen atoms in total. The van der Waals surface area contributed by atoms with Crippen molar-refractivity contribution in [1.29, 1.82) is 0 Å². The van der Waals surface area contributed by atoms with Crippen LogP contribution in [0.4, 0.5) is 16.2 Å². The van der Waals surface area contributed by atoms with Crippen LogP contribution in [0.1, 0.15) is 47.2 Å². The number of anilines is 2. The van der Waals surface area contributed by atoms with Gasteiger partial charge in [-0.05, 0) is 60.9 Å². The van der Waals surface area contributed by atoms with Gasteiger partial charge < -0.3 is 25.8 Å². The molecule has 2 aromatic heterocycles. The van der Waals surface area contributed by atoms with Crippen molar-refractivity contribution in [3.63, 3.8) is 0 Å². The Balaban J connectivity index is 1.07. The highest BCUT2D eigenvalue weighted by Gasteiger charge is 2.44. The van der Waals surface area contributed by atoms with Crippen LogP contribution in [-0.2, 0) is 17.7 Å². The molecule has 0 bridgehead atoms. The zero-order valence-corrected chi connectivity index (χ0v) is 23.3. The number of pyridine rings is 1. The number of benzene rings is 1. The molecular weight excluding hydrogens is 525 g/mol. The van der Waals surface area contributed by atoms with Gasteiger partial charge in [0.25, 0.3) is 5.91 Å². The Kier molecular flexibility index (Phi) is 7.72. The summed E-state index contributed by atoms with van der Waals surface area (Å²) in [6, 6.07) is 6.35. The summed E-state index contributed by atoms with van der Waals surface area (Å²) < 4.78 is 25.7. The SMILES string of the molecule is COCCN1CC2(CCC(NC(=O)c3cc(F)cc(CNc4ncc(-c5ccnc(N)n5)c5c4CCO5)c3)CC2)C1. The van der Waals surface area contributed by atoms with Gasteiger partial charge in [-0.25, -0.2) is 19.3 Å². The third-order valence-electron chi connectivity index (χ3n) is 8.47. The topological polar surface area (TPSA) is 128 Å². The maximum atomic E-state index is 14.6. The Bertz CT molecular complexity index is 1420. The molecular formula is C30H36FN7O3. The lowest BCUT2D eigenvalue weighted by Gasteiger charge is -2.53. The van der Waals surface area contributed by atoms with Crippen LogP contribution in [0, 0.1) is 11.2 Å². The second-order valence-electron chi connectivity index (χ2n) is 11.4. The minimum atomic E-state index is -0.444. The fourth-order valence-electron chi connectivity index (χ4n) is 6.36. The average Bonchev–Trinajstić information content (AvgIpc) is 3.45. The number of hydrogen-bond acceptors (Lipinski definition) is 9. The van der Waals surface area contributed by atoms with Crippen LogP contribution in [-0.4, -0.2) is 71.8 Å². The van der Waals surface area contributed by atoms with Crippen LogP contribution in [0.5, 0.6) is 5.75 Å². The monoisotopic (exact) mass is 561 g/mol. The molecule has 0 unspecified atom stereocenters. The smallest absolute Gasteiger partial charge is 0.251 e. The van der Waals surface area contributed by atoms with Gasteiger partial charge in [0.2, 0.25) is 5.95 Å². The summed E-state index contributed by atoms with van der Waals surface area (Å²) in [5.74, 6) is 0.868. The molecule has 11 heteroatoms. The number of ether oxygens (including phenoxy) is 2. The molecule has 2 aliphatic heterocycles. The minimum Gasteiger partial charge on any atom is -0.492 e. The Morgan fingerprint density at radius 2 is 2.07 bits per heavy atom. The van der Waals surface area contributed by atoms with E-state index in [4.69, 9.17) is 15.2 Å². The number of nitrogens with one attached hydrogen (secondary N) is 2. The number of nitrogens with two attached hydrogens (primary N) is 1. The summed E-state index contributed by atoms with van der Waals surface area (Å²) in [5, 5.41) is 6.45. The van der Waals surface area contributed by atoms with Gasteiger partial charge in [-0.1, -0.05) is 0 Å². The van der Waals surface area contributed by atoms with E-state index in [0.29, 0.717) is 53.4 Å². The van der Waals surface area contributed by atoms with Crippen LogP contribution < -0.4 is 21.1 Å². The highest BCUT2D eigenvalue weighted by Crippen LogP contribution is 2.44. The Morgan fingerprint density at radius 3 is 2.85 bits per heavy atom. The molecule has 1 aromatic carbocycles. The molecule has 1 aliphatic carbocycles. The summed E-state index contributed by atoms with van der Waals surface area (Å²) in [6.45, 7) is 4.80. The number of likely N-dealkylation sites (tertiary alicyclic amines) is 1. The normalized spacial score (nSPS) is 18.0. The predicted octanol–water partition coefficient (Wildman–Crippen LogP) is 3.43. The molecule has 0 atom stereocenters. The lowest BCUT2D eigenvalue weighted by Crippen LogP contribution is -2.59. The lowest BCUT2D eigenvalue weighted by atomic mass is 9.67. The van der Waals surface area contributed by atoms with Gasteiger partial charge in [0.05, 0.1) is 24.5 Å². The molecule has 0 radical (unpaired) electrons. The van der Waals surface area contributed by atoms with Gasteiger partial charge in [-0.2, -0.15) is 0 Å². The van der Waals surface area contributed by atoms with Gasteiger partial charge in [0.15, 0.2) is 0 Å². The van der Waals surface area contributed by atoms with E-state index in [1.54, 1.807) is 31.6 Å². The molecule has 3 aromatic rings. The highest BCUT2D eigenvalue weighted by molar-refractivity contribution is 5.94. The van der Waals surface area contributed by atoms with Crippen LogP contribution in [0.2, 0.25) is 0 Å².